The Morgan fingerprint density at radius 2 is 2.13 bits per heavy atom. The van der Waals surface area contributed by atoms with Crippen LogP contribution in [0.2, 0.25) is 0 Å². The zero-order valence-corrected chi connectivity index (χ0v) is 9.79. The van der Waals surface area contributed by atoms with Gasteiger partial charge in [-0.3, -0.25) is 0 Å². The molecular formula is C12H18O3. The van der Waals surface area contributed by atoms with Crippen molar-refractivity contribution in [1.82, 2.24) is 0 Å². The number of carbonyl (C=O) groups excluding carboxylic acids is 1. The van der Waals surface area contributed by atoms with E-state index in [-0.39, 0.29) is 10.8 Å². The molecule has 15 heavy (non-hydrogen) atoms. The lowest BCUT2D eigenvalue weighted by molar-refractivity contribution is 0.0583. The van der Waals surface area contributed by atoms with E-state index in [2.05, 4.69) is 31.6 Å². The molecular weight excluding hydrogens is 192 g/mol. The minimum Gasteiger partial charge on any atom is -0.437 e. The molecule has 2 aliphatic rings. The Kier molecular flexibility index (Phi) is 2.11. The summed E-state index contributed by atoms with van der Waals surface area (Å²) in [4.78, 5) is 11.1. The van der Waals surface area contributed by atoms with Gasteiger partial charge in [0, 0.05) is 5.41 Å². The number of rotatable bonds is 1. The molecule has 0 N–H and O–H groups in total. The van der Waals surface area contributed by atoms with E-state index in [0.717, 1.165) is 12.2 Å². The first-order chi connectivity index (χ1) is 6.91. The third kappa shape index (κ3) is 1.22. The fraction of sp³-hybridized carbons (Fsp3) is 0.750. The topological polar surface area (TPSA) is 35.5 Å². The molecule has 0 spiro atoms. The van der Waals surface area contributed by atoms with Crippen LogP contribution in [0, 0.1) is 16.7 Å². The minimum absolute atomic E-state index is 0.00808. The number of allylic oxidation sites excluding steroid dienone is 2. The van der Waals surface area contributed by atoms with Crippen LogP contribution in [0.5, 0.6) is 0 Å². The molecule has 0 aromatic carbocycles. The normalized spacial score (nSPS) is 36.3. The van der Waals surface area contributed by atoms with Crippen LogP contribution in [-0.4, -0.2) is 13.3 Å². The largest absolute Gasteiger partial charge is 0.513 e. The lowest BCUT2D eigenvalue weighted by Crippen LogP contribution is -2.31. The van der Waals surface area contributed by atoms with Crippen LogP contribution in [0.25, 0.3) is 0 Å². The second-order valence-electron chi connectivity index (χ2n) is 5.29. The zero-order chi connectivity index (χ0) is 11.3. The highest BCUT2D eigenvalue weighted by Gasteiger charge is 2.58. The molecule has 0 amide bonds. The lowest BCUT2D eigenvalue weighted by Gasteiger charge is -2.35. The number of ether oxygens (including phenoxy) is 2. The summed E-state index contributed by atoms with van der Waals surface area (Å²) in [6.07, 6.45) is 3.77. The number of hydrogen-bond donors (Lipinski definition) is 0. The predicted molar refractivity (Wildman–Crippen MR) is 56.2 cm³/mol. The van der Waals surface area contributed by atoms with Crippen molar-refractivity contribution in [2.45, 2.75) is 33.6 Å². The molecule has 2 atom stereocenters. The highest BCUT2D eigenvalue weighted by atomic mass is 16.7. The third-order valence-corrected chi connectivity index (χ3v) is 4.56. The Labute approximate surface area is 90.4 Å². The van der Waals surface area contributed by atoms with Crippen molar-refractivity contribution in [3.8, 4) is 0 Å². The lowest BCUT2D eigenvalue weighted by atomic mass is 9.70. The van der Waals surface area contributed by atoms with Gasteiger partial charge in [-0.1, -0.05) is 20.8 Å². The number of methoxy groups -OCH3 is 1. The van der Waals surface area contributed by atoms with Gasteiger partial charge in [0.05, 0.1) is 7.11 Å². The molecule has 0 saturated heterocycles. The molecule has 0 heterocycles. The molecule has 1 fully saturated rings. The first-order valence-corrected chi connectivity index (χ1v) is 5.40. The number of fused-ring (bicyclic) bond motifs is 2. The molecule has 3 heteroatoms. The second kappa shape index (κ2) is 3.00. The van der Waals surface area contributed by atoms with Crippen LogP contribution in [0.15, 0.2) is 11.8 Å². The predicted octanol–water partition coefficient (Wildman–Crippen LogP) is 3.11. The maximum Gasteiger partial charge on any atom is 0.513 e. The Bertz CT molecular complexity index is 330. The quantitative estimate of drug-likeness (QED) is 0.624. The fourth-order valence-electron chi connectivity index (χ4n) is 2.91. The monoisotopic (exact) mass is 210 g/mol. The van der Waals surface area contributed by atoms with Gasteiger partial charge in [0.2, 0.25) is 0 Å². The average Bonchev–Trinajstić information content (AvgIpc) is 2.50. The first kappa shape index (κ1) is 10.5. The molecule has 0 radical (unpaired) electrons. The van der Waals surface area contributed by atoms with Crippen molar-refractivity contribution in [2.24, 2.45) is 16.7 Å². The van der Waals surface area contributed by atoms with Gasteiger partial charge < -0.3 is 9.47 Å². The summed E-state index contributed by atoms with van der Waals surface area (Å²) in [5.41, 5.74) is 0.183. The van der Waals surface area contributed by atoms with Crippen LogP contribution in [0.3, 0.4) is 0 Å². The van der Waals surface area contributed by atoms with Crippen molar-refractivity contribution in [3.63, 3.8) is 0 Å². The highest BCUT2D eigenvalue weighted by Crippen LogP contribution is 2.65. The maximum absolute atomic E-state index is 11.1. The SMILES string of the molecule is COC(=O)OC1=CC2CCC1(C)C2(C)C. The summed E-state index contributed by atoms with van der Waals surface area (Å²) in [6, 6.07) is 0. The average molecular weight is 210 g/mol. The van der Waals surface area contributed by atoms with Crippen molar-refractivity contribution in [2.75, 3.05) is 7.11 Å². The van der Waals surface area contributed by atoms with E-state index < -0.39 is 6.16 Å². The van der Waals surface area contributed by atoms with Gasteiger partial charge in [0.15, 0.2) is 0 Å². The smallest absolute Gasteiger partial charge is 0.437 e. The van der Waals surface area contributed by atoms with Crippen LogP contribution >= 0.6 is 0 Å². The summed E-state index contributed by atoms with van der Waals surface area (Å²) in [5, 5.41) is 0. The van der Waals surface area contributed by atoms with Gasteiger partial charge in [0.1, 0.15) is 5.76 Å². The van der Waals surface area contributed by atoms with E-state index in [1.165, 1.54) is 13.5 Å². The van der Waals surface area contributed by atoms with Crippen LogP contribution in [-0.2, 0) is 9.47 Å². The van der Waals surface area contributed by atoms with Gasteiger partial charge in [-0.15, -0.1) is 0 Å². The molecule has 0 aliphatic heterocycles. The van der Waals surface area contributed by atoms with Gasteiger partial charge in [0.25, 0.3) is 0 Å². The van der Waals surface area contributed by atoms with E-state index in [1.807, 2.05) is 0 Å². The summed E-state index contributed by atoms with van der Waals surface area (Å²) in [7, 11) is 1.34. The van der Waals surface area contributed by atoms with Crippen molar-refractivity contribution in [1.29, 1.82) is 0 Å². The fourth-order valence-corrected chi connectivity index (χ4v) is 2.91. The third-order valence-electron chi connectivity index (χ3n) is 4.56. The summed E-state index contributed by atoms with van der Waals surface area (Å²) in [5.74, 6) is 1.33. The van der Waals surface area contributed by atoms with Crippen LogP contribution in [0.4, 0.5) is 4.79 Å². The summed E-state index contributed by atoms with van der Waals surface area (Å²) >= 11 is 0. The van der Waals surface area contributed by atoms with E-state index in [9.17, 15) is 4.79 Å². The molecule has 0 aromatic rings. The van der Waals surface area contributed by atoms with E-state index in [1.54, 1.807) is 0 Å². The standard InChI is InChI=1S/C12H18O3/c1-11(2)8-5-6-12(11,3)9(7-8)15-10(13)14-4/h7-8H,5-6H2,1-4H3. The van der Waals surface area contributed by atoms with E-state index in [0.29, 0.717) is 5.92 Å². The van der Waals surface area contributed by atoms with Gasteiger partial charge in [-0.05, 0) is 30.3 Å². The summed E-state index contributed by atoms with van der Waals surface area (Å²) in [6.45, 7) is 6.67. The molecule has 2 bridgehead atoms. The Morgan fingerprint density at radius 1 is 1.47 bits per heavy atom. The van der Waals surface area contributed by atoms with Gasteiger partial charge in [-0.25, -0.2) is 4.79 Å². The summed E-state index contributed by atoms with van der Waals surface area (Å²) < 4.78 is 9.76. The van der Waals surface area contributed by atoms with Crippen molar-refractivity contribution in [3.05, 3.63) is 11.8 Å². The van der Waals surface area contributed by atoms with E-state index >= 15 is 0 Å². The van der Waals surface area contributed by atoms with Gasteiger partial charge >= 0.3 is 6.16 Å². The molecule has 2 rings (SSSR count). The Balaban J connectivity index is 2.24. The van der Waals surface area contributed by atoms with Crippen molar-refractivity contribution < 1.29 is 14.3 Å². The second-order valence-corrected chi connectivity index (χ2v) is 5.29. The number of carbonyl (C=O) groups is 1. The van der Waals surface area contributed by atoms with Crippen molar-refractivity contribution >= 4 is 6.16 Å². The Morgan fingerprint density at radius 3 is 2.53 bits per heavy atom. The first-order valence-electron chi connectivity index (χ1n) is 5.40. The van der Waals surface area contributed by atoms with Crippen LogP contribution < -0.4 is 0 Å². The number of hydrogen-bond acceptors (Lipinski definition) is 3. The molecule has 0 aromatic heterocycles. The minimum atomic E-state index is -0.606. The highest BCUT2D eigenvalue weighted by molar-refractivity contribution is 5.62. The molecule has 2 aliphatic carbocycles. The molecule has 84 valence electrons. The zero-order valence-electron chi connectivity index (χ0n) is 9.79. The molecule has 1 saturated carbocycles. The Hall–Kier alpha value is -0.990. The van der Waals surface area contributed by atoms with Crippen LogP contribution in [0.1, 0.15) is 33.6 Å². The molecule has 3 nitrogen and oxygen atoms in total. The molecule has 2 unspecified atom stereocenters. The van der Waals surface area contributed by atoms with Gasteiger partial charge in [-0.2, -0.15) is 0 Å². The maximum atomic E-state index is 11.1. The van der Waals surface area contributed by atoms with E-state index in [4.69, 9.17) is 4.74 Å².